The van der Waals surface area contributed by atoms with Crippen molar-refractivity contribution in [1.29, 1.82) is 0 Å². The first-order chi connectivity index (χ1) is 9.59. The molecule has 1 aliphatic heterocycles. The maximum absolute atomic E-state index is 12.4. The minimum absolute atomic E-state index is 0.169. The number of hydrogen-bond acceptors (Lipinski definition) is 3. The first-order valence-corrected chi connectivity index (χ1v) is 7.58. The first kappa shape index (κ1) is 15.3. The van der Waals surface area contributed by atoms with Crippen molar-refractivity contribution in [3.05, 3.63) is 34.9 Å². The van der Waals surface area contributed by atoms with Crippen molar-refractivity contribution in [3.63, 3.8) is 0 Å². The molecule has 1 aromatic carbocycles. The summed E-state index contributed by atoms with van der Waals surface area (Å²) in [4.78, 5) is 12.4. The Labute approximate surface area is 125 Å². The molecule has 0 aliphatic carbocycles. The predicted molar refractivity (Wildman–Crippen MR) is 78.7 cm³/mol. The molecule has 2 rings (SSSR count). The van der Waals surface area contributed by atoms with Crippen molar-refractivity contribution in [2.24, 2.45) is 5.92 Å². The molecule has 1 aromatic rings. The van der Waals surface area contributed by atoms with Crippen LogP contribution >= 0.6 is 11.6 Å². The highest BCUT2D eigenvalue weighted by atomic mass is 35.5. The molecule has 0 bridgehead atoms. The summed E-state index contributed by atoms with van der Waals surface area (Å²) < 4.78 is 11.1. The Morgan fingerprint density at radius 3 is 2.40 bits per heavy atom. The van der Waals surface area contributed by atoms with Gasteiger partial charge < -0.3 is 9.47 Å². The lowest BCUT2D eigenvalue weighted by atomic mass is 9.83. The van der Waals surface area contributed by atoms with Crippen molar-refractivity contribution in [3.8, 4) is 0 Å². The monoisotopic (exact) mass is 296 g/mol. The van der Waals surface area contributed by atoms with Gasteiger partial charge in [0.2, 0.25) is 0 Å². The molecule has 1 aliphatic rings. The molecule has 20 heavy (non-hydrogen) atoms. The fourth-order valence-corrected chi connectivity index (χ4v) is 3.01. The Bertz CT molecular complexity index is 467. The van der Waals surface area contributed by atoms with Crippen LogP contribution < -0.4 is 0 Å². The van der Waals surface area contributed by atoms with Gasteiger partial charge >= 0.3 is 5.97 Å². The van der Waals surface area contributed by atoms with E-state index in [9.17, 15) is 4.79 Å². The number of carbonyl (C=O) groups excluding carboxylic acids is 1. The smallest absolute Gasteiger partial charge is 0.341 e. The average molecular weight is 297 g/mol. The Morgan fingerprint density at radius 1 is 1.30 bits per heavy atom. The summed E-state index contributed by atoms with van der Waals surface area (Å²) in [6.45, 7) is 6.35. The maximum atomic E-state index is 12.4. The van der Waals surface area contributed by atoms with Gasteiger partial charge in [0.25, 0.3) is 0 Å². The SMILES string of the molecule is CCOC(=O)C1(C(CC)CC)OC1c1ccc(Cl)cc1. The summed E-state index contributed by atoms with van der Waals surface area (Å²) in [6, 6.07) is 7.47. The van der Waals surface area contributed by atoms with Crippen molar-refractivity contribution >= 4 is 17.6 Å². The number of hydrogen-bond donors (Lipinski definition) is 0. The molecule has 4 heteroatoms. The van der Waals surface area contributed by atoms with Crippen molar-refractivity contribution in [2.45, 2.75) is 45.3 Å². The van der Waals surface area contributed by atoms with Crippen molar-refractivity contribution in [1.82, 2.24) is 0 Å². The third kappa shape index (κ3) is 2.57. The zero-order valence-corrected chi connectivity index (χ0v) is 12.9. The van der Waals surface area contributed by atoms with E-state index in [1.165, 1.54) is 0 Å². The Kier molecular flexibility index (Phi) is 4.71. The highest BCUT2D eigenvalue weighted by molar-refractivity contribution is 6.30. The number of esters is 1. The zero-order valence-electron chi connectivity index (χ0n) is 12.2. The van der Waals surface area contributed by atoms with E-state index in [-0.39, 0.29) is 18.0 Å². The lowest BCUT2D eigenvalue weighted by molar-refractivity contribution is -0.152. The van der Waals surface area contributed by atoms with Crippen LogP contribution in [0.15, 0.2) is 24.3 Å². The van der Waals surface area contributed by atoms with Gasteiger partial charge in [-0.15, -0.1) is 0 Å². The van der Waals surface area contributed by atoms with Crippen LogP contribution in [-0.4, -0.2) is 18.2 Å². The fourth-order valence-electron chi connectivity index (χ4n) is 2.89. The van der Waals surface area contributed by atoms with E-state index in [2.05, 4.69) is 13.8 Å². The lowest BCUT2D eigenvalue weighted by Gasteiger charge is -2.20. The molecule has 0 spiro atoms. The average Bonchev–Trinajstić information content (AvgIpc) is 3.18. The van der Waals surface area contributed by atoms with Crippen LogP contribution in [0.25, 0.3) is 0 Å². The molecule has 1 heterocycles. The Morgan fingerprint density at radius 2 is 1.90 bits per heavy atom. The van der Waals surface area contributed by atoms with E-state index in [1.54, 1.807) is 0 Å². The van der Waals surface area contributed by atoms with Gasteiger partial charge in [-0.25, -0.2) is 4.79 Å². The predicted octanol–water partition coefficient (Wildman–Crippen LogP) is 4.15. The normalized spacial score (nSPS) is 24.8. The minimum atomic E-state index is -0.812. The zero-order chi connectivity index (χ0) is 14.8. The number of halogens is 1. The third-order valence-electron chi connectivity index (χ3n) is 4.00. The van der Waals surface area contributed by atoms with Gasteiger partial charge in [-0.2, -0.15) is 0 Å². The first-order valence-electron chi connectivity index (χ1n) is 7.20. The number of epoxide rings is 1. The molecule has 0 radical (unpaired) electrons. The molecule has 0 aromatic heterocycles. The number of benzene rings is 1. The summed E-state index contributed by atoms with van der Waals surface area (Å²) in [5, 5.41) is 0.679. The highest BCUT2D eigenvalue weighted by Crippen LogP contribution is 2.56. The van der Waals surface area contributed by atoms with E-state index in [0.29, 0.717) is 11.6 Å². The molecule has 2 unspecified atom stereocenters. The largest absolute Gasteiger partial charge is 0.464 e. The number of ether oxygens (including phenoxy) is 2. The van der Waals surface area contributed by atoms with Gasteiger partial charge in [-0.1, -0.05) is 37.6 Å². The molecule has 2 atom stereocenters. The molecular weight excluding hydrogens is 276 g/mol. The fraction of sp³-hybridized carbons (Fsp3) is 0.562. The van der Waals surface area contributed by atoms with Crippen LogP contribution in [0.2, 0.25) is 5.02 Å². The van der Waals surface area contributed by atoms with E-state index < -0.39 is 5.60 Å². The summed E-state index contributed by atoms with van der Waals surface area (Å²) in [5.41, 5.74) is 0.169. The molecule has 1 fully saturated rings. The van der Waals surface area contributed by atoms with E-state index in [0.717, 1.165) is 18.4 Å². The van der Waals surface area contributed by atoms with Crippen LogP contribution in [0.4, 0.5) is 0 Å². The van der Waals surface area contributed by atoms with E-state index >= 15 is 0 Å². The second-order valence-electron chi connectivity index (χ2n) is 5.08. The lowest BCUT2D eigenvalue weighted by Crippen LogP contribution is -2.35. The molecule has 0 saturated carbocycles. The van der Waals surface area contributed by atoms with Crippen LogP contribution in [0.5, 0.6) is 0 Å². The van der Waals surface area contributed by atoms with Crippen LogP contribution in [0.1, 0.15) is 45.3 Å². The summed E-state index contributed by atoms with van der Waals surface area (Å²) >= 11 is 5.90. The van der Waals surface area contributed by atoms with E-state index in [4.69, 9.17) is 21.1 Å². The Hall–Kier alpha value is -1.06. The van der Waals surface area contributed by atoms with Gasteiger partial charge in [-0.3, -0.25) is 0 Å². The van der Waals surface area contributed by atoms with Gasteiger partial charge in [0.05, 0.1) is 6.61 Å². The van der Waals surface area contributed by atoms with Crippen LogP contribution in [-0.2, 0) is 14.3 Å². The molecule has 3 nitrogen and oxygen atoms in total. The summed E-state index contributed by atoms with van der Waals surface area (Å²) in [7, 11) is 0. The maximum Gasteiger partial charge on any atom is 0.341 e. The second-order valence-corrected chi connectivity index (χ2v) is 5.51. The van der Waals surface area contributed by atoms with Crippen molar-refractivity contribution in [2.75, 3.05) is 6.61 Å². The summed E-state index contributed by atoms with van der Waals surface area (Å²) in [6.07, 6.45) is 1.56. The number of carbonyl (C=O) groups is 1. The van der Waals surface area contributed by atoms with Gasteiger partial charge in [-0.05, 0) is 37.5 Å². The summed E-state index contributed by atoms with van der Waals surface area (Å²) in [5.74, 6) is -0.0733. The van der Waals surface area contributed by atoms with Crippen LogP contribution in [0, 0.1) is 5.92 Å². The van der Waals surface area contributed by atoms with Crippen LogP contribution in [0.3, 0.4) is 0 Å². The quantitative estimate of drug-likeness (QED) is 0.585. The second kappa shape index (κ2) is 6.15. The number of rotatable bonds is 6. The minimum Gasteiger partial charge on any atom is -0.464 e. The topological polar surface area (TPSA) is 38.8 Å². The molecule has 0 N–H and O–H groups in total. The van der Waals surface area contributed by atoms with Gasteiger partial charge in [0, 0.05) is 10.9 Å². The third-order valence-corrected chi connectivity index (χ3v) is 4.26. The van der Waals surface area contributed by atoms with E-state index in [1.807, 2.05) is 31.2 Å². The molecule has 0 amide bonds. The molecule has 110 valence electrons. The molecule has 1 saturated heterocycles. The highest BCUT2D eigenvalue weighted by Gasteiger charge is 2.67. The van der Waals surface area contributed by atoms with Gasteiger partial charge in [0.15, 0.2) is 5.60 Å². The van der Waals surface area contributed by atoms with Gasteiger partial charge in [0.1, 0.15) is 6.10 Å². The molecular formula is C16H21ClO3. The van der Waals surface area contributed by atoms with Crippen molar-refractivity contribution < 1.29 is 14.3 Å². The standard InChI is InChI=1S/C16H21ClO3/c1-4-12(5-2)16(15(18)19-6-3)14(20-16)11-7-9-13(17)10-8-11/h7-10,12,14H,4-6H2,1-3H3. The Balaban J connectivity index is 2.27.